The van der Waals surface area contributed by atoms with Gasteiger partial charge in [-0.05, 0) is 25.7 Å². The van der Waals surface area contributed by atoms with Crippen molar-refractivity contribution in [1.82, 2.24) is 10.6 Å². The number of hydrogen-bond donors (Lipinski definition) is 3. The molecule has 1 aliphatic rings. The molecule has 2 amide bonds. The average Bonchev–Trinajstić information content (AvgIpc) is 3.06. The van der Waals surface area contributed by atoms with Crippen molar-refractivity contribution in [2.45, 2.75) is 46.1 Å². The molecule has 1 fully saturated rings. The minimum atomic E-state index is -0.118. The lowest BCUT2D eigenvalue weighted by Crippen LogP contribution is -2.45. The topological polar surface area (TPSA) is 61.4 Å². The zero-order valence-electron chi connectivity index (χ0n) is 10.5. The third-order valence-corrected chi connectivity index (χ3v) is 3.77. The first-order valence-electron chi connectivity index (χ1n) is 6.18. The maximum atomic E-state index is 11.6. The summed E-state index contributed by atoms with van der Waals surface area (Å²) >= 11 is 0. The van der Waals surface area contributed by atoms with Crippen LogP contribution in [0.25, 0.3) is 0 Å². The van der Waals surface area contributed by atoms with Crippen molar-refractivity contribution in [1.29, 1.82) is 0 Å². The first-order valence-corrected chi connectivity index (χ1v) is 6.18. The van der Waals surface area contributed by atoms with Gasteiger partial charge in [-0.1, -0.05) is 20.3 Å². The normalized spacial score (nSPS) is 21.0. The van der Waals surface area contributed by atoms with Crippen molar-refractivity contribution in [2.24, 2.45) is 11.3 Å². The van der Waals surface area contributed by atoms with Crippen molar-refractivity contribution in [3.63, 3.8) is 0 Å². The molecule has 0 saturated heterocycles. The summed E-state index contributed by atoms with van der Waals surface area (Å²) in [6, 6.07) is 0.0711. The number of rotatable bonds is 6. The molecule has 2 atom stereocenters. The van der Waals surface area contributed by atoms with Gasteiger partial charge in [-0.3, -0.25) is 0 Å². The summed E-state index contributed by atoms with van der Waals surface area (Å²) < 4.78 is 0. The van der Waals surface area contributed by atoms with E-state index in [0.29, 0.717) is 12.5 Å². The number of aliphatic hydroxyl groups excluding tert-OH is 1. The summed E-state index contributed by atoms with van der Waals surface area (Å²) in [5.74, 6) is 0.485. The number of aliphatic hydroxyl groups is 1. The Labute approximate surface area is 97.8 Å². The van der Waals surface area contributed by atoms with E-state index < -0.39 is 0 Å². The van der Waals surface area contributed by atoms with E-state index in [1.165, 1.54) is 0 Å². The quantitative estimate of drug-likeness (QED) is 0.645. The number of carbonyl (C=O) groups is 1. The van der Waals surface area contributed by atoms with Gasteiger partial charge in [0, 0.05) is 18.0 Å². The van der Waals surface area contributed by atoms with Gasteiger partial charge < -0.3 is 15.7 Å². The molecule has 16 heavy (non-hydrogen) atoms. The Kier molecular flexibility index (Phi) is 4.59. The fraction of sp³-hybridized carbons (Fsp3) is 0.917. The molecular weight excluding hydrogens is 204 g/mol. The van der Waals surface area contributed by atoms with Gasteiger partial charge in [0.05, 0.1) is 6.61 Å². The third kappa shape index (κ3) is 3.67. The number of urea groups is 1. The van der Waals surface area contributed by atoms with Crippen molar-refractivity contribution in [3.8, 4) is 0 Å². The molecule has 2 unspecified atom stereocenters. The van der Waals surface area contributed by atoms with Crippen LogP contribution in [0.15, 0.2) is 0 Å². The monoisotopic (exact) mass is 228 g/mol. The van der Waals surface area contributed by atoms with Crippen molar-refractivity contribution in [3.05, 3.63) is 0 Å². The number of amides is 2. The Bertz CT molecular complexity index is 239. The Hall–Kier alpha value is -0.770. The lowest BCUT2D eigenvalue weighted by molar-refractivity contribution is 0.201. The van der Waals surface area contributed by atoms with Crippen LogP contribution in [0.5, 0.6) is 0 Å². The van der Waals surface area contributed by atoms with Crippen LogP contribution in [-0.2, 0) is 0 Å². The molecule has 0 aromatic rings. The minimum absolute atomic E-state index is 0.0169. The Morgan fingerprint density at radius 3 is 2.50 bits per heavy atom. The van der Waals surface area contributed by atoms with Crippen LogP contribution in [-0.4, -0.2) is 30.3 Å². The summed E-state index contributed by atoms with van der Waals surface area (Å²) in [4.78, 5) is 11.6. The maximum Gasteiger partial charge on any atom is 0.315 e. The first-order chi connectivity index (χ1) is 7.53. The smallest absolute Gasteiger partial charge is 0.315 e. The van der Waals surface area contributed by atoms with Crippen LogP contribution in [0.2, 0.25) is 0 Å². The summed E-state index contributed by atoms with van der Waals surface area (Å²) in [6.07, 6.45) is 3.09. The molecule has 1 rings (SSSR count). The molecule has 0 spiro atoms. The molecule has 3 N–H and O–H groups in total. The first kappa shape index (κ1) is 13.3. The van der Waals surface area contributed by atoms with Crippen LogP contribution < -0.4 is 10.6 Å². The zero-order valence-corrected chi connectivity index (χ0v) is 10.5. The Morgan fingerprint density at radius 2 is 2.06 bits per heavy atom. The average molecular weight is 228 g/mol. The maximum absolute atomic E-state index is 11.6. The summed E-state index contributed by atoms with van der Waals surface area (Å²) in [6.45, 7) is 7.02. The molecule has 0 bridgehead atoms. The number of hydrogen-bond acceptors (Lipinski definition) is 2. The molecule has 0 radical (unpaired) electrons. The van der Waals surface area contributed by atoms with E-state index in [0.717, 1.165) is 19.3 Å². The highest BCUT2D eigenvalue weighted by Crippen LogP contribution is 2.44. The molecule has 0 heterocycles. The SMILES string of the molecule is CCC(C)C(C)NC(=O)NCC1(CO)CC1. The largest absolute Gasteiger partial charge is 0.396 e. The molecule has 1 saturated carbocycles. The van der Waals surface area contributed by atoms with Crippen molar-refractivity contribution < 1.29 is 9.90 Å². The van der Waals surface area contributed by atoms with E-state index in [-0.39, 0.29) is 24.1 Å². The second-order valence-electron chi connectivity index (χ2n) is 5.16. The number of carbonyl (C=O) groups excluding carboxylic acids is 1. The highest BCUT2D eigenvalue weighted by Gasteiger charge is 2.42. The van der Waals surface area contributed by atoms with Crippen LogP contribution in [0.1, 0.15) is 40.0 Å². The van der Waals surface area contributed by atoms with E-state index in [9.17, 15) is 4.79 Å². The van der Waals surface area contributed by atoms with Gasteiger partial charge in [0.2, 0.25) is 0 Å². The molecule has 4 heteroatoms. The van der Waals surface area contributed by atoms with Gasteiger partial charge in [0.25, 0.3) is 0 Å². The fourth-order valence-corrected chi connectivity index (χ4v) is 1.59. The highest BCUT2D eigenvalue weighted by atomic mass is 16.3. The van der Waals surface area contributed by atoms with Gasteiger partial charge in [-0.25, -0.2) is 4.79 Å². The predicted molar refractivity (Wildman–Crippen MR) is 64.2 cm³/mol. The molecule has 94 valence electrons. The van der Waals surface area contributed by atoms with E-state index in [2.05, 4.69) is 24.5 Å². The van der Waals surface area contributed by atoms with E-state index in [4.69, 9.17) is 5.11 Å². The lowest BCUT2D eigenvalue weighted by atomic mass is 10.0. The van der Waals surface area contributed by atoms with Crippen molar-refractivity contribution >= 4 is 6.03 Å². The Morgan fingerprint density at radius 1 is 1.44 bits per heavy atom. The predicted octanol–water partition coefficient (Wildman–Crippen LogP) is 1.49. The molecule has 0 aliphatic heterocycles. The third-order valence-electron chi connectivity index (χ3n) is 3.77. The summed E-state index contributed by atoms with van der Waals surface area (Å²) in [7, 11) is 0. The molecule has 4 nitrogen and oxygen atoms in total. The van der Waals surface area contributed by atoms with E-state index in [1.54, 1.807) is 0 Å². The molecule has 0 aromatic carbocycles. The van der Waals surface area contributed by atoms with Gasteiger partial charge in [0.1, 0.15) is 0 Å². The summed E-state index contributed by atoms with van der Waals surface area (Å²) in [5, 5.41) is 14.9. The van der Waals surface area contributed by atoms with E-state index >= 15 is 0 Å². The second-order valence-corrected chi connectivity index (χ2v) is 5.16. The van der Waals surface area contributed by atoms with Crippen LogP contribution in [0.3, 0.4) is 0 Å². The second kappa shape index (κ2) is 5.53. The standard InChI is InChI=1S/C12H24N2O2/c1-4-9(2)10(3)14-11(16)13-7-12(8-15)5-6-12/h9-10,15H,4-8H2,1-3H3,(H2,13,14,16). The van der Waals surface area contributed by atoms with Crippen LogP contribution in [0, 0.1) is 11.3 Å². The fourth-order valence-electron chi connectivity index (χ4n) is 1.59. The molecule has 1 aliphatic carbocycles. The van der Waals surface area contributed by atoms with Gasteiger partial charge >= 0.3 is 6.03 Å². The number of nitrogens with one attached hydrogen (secondary N) is 2. The van der Waals surface area contributed by atoms with Crippen LogP contribution in [0.4, 0.5) is 4.79 Å². The molecular formula is C12H24N2O2. The van der Waals surface area contributed by atoms with Gasteiger partial charge in [0.15, 0.2) is 0 Å². The summed E-state index contributed by atoms with van der Waals surface area (Å²) in [5.41, 5.74) is -0.0169. The van der Waals surface area contributed by atoms with Gasteiger partial charge in [-0.15, -0.1) is 0 Å². The minimum Gasteiger partial charge on any atom is -0.396 e. The van der Waals surface area contributed by atoms with Crippen LogP contribution >= 0.6 is 0 Å². The van der Waals surface area contributed by atoms with Crippen molar-refractivity contribution in [2.75, 3.05) is 13.2 Å². The van der Waals surface area contributed by atoms with E-state index in [1.807, 2.05) is 6.92 Å². The molecule has 0 aromatic heterocycles. The lowest BCUT2D eigenvalue weighted by Gasteiger charge is -2.21. The highest BCUT2D eigenvalue weighted by molar-refractivity contribution is 5.74. The van der Waals surface area contributed by atoms with Gasteiger partial charge in [-0.2, -0.15) is 0 Å². The Balaban J connectivity index is 2.20. The zero-order chi connectivity index (χ0) is 12.2.